The summed E-state index contributed by atoms with van der Waals surface area (Å²) in [6, 6.07) is 0.219. The molecule has 0 amide bonds. The van der Waals surface area contributed by atoms with E-state index >= 15 is 0 Å². The Kier molecular flexibility index (Phi) is 4.61. The van der Waals surface area contributed by atoms with Gasteiger partial charge in [-0.15, -0.1) is 0 Å². The van der Waals surface area contributed by atoms with Crippen LogP contribution in [0.25, 0.3) is 0 Å². The number of hydrogen-bond acceptors (Lipinski definition) is 2. The zero-order valence-corrected chi connectivity index (χ0v) is 10.4. The second-order valence-electron chi connectivity index (χ2n) is 4.12. The molecule has 14 heavy (non-hydrogen) atoms. The third kappa shape index (κ3) is 3.98. The number of nitrogens with zero attached hydrogens (tertiary/aromatic N) is 2. The molecule has 0 spiro atoms. The summed E-state index contributed by atoms with van der Waals surface area (Å²) in [6.45, 7) is 1.94. The molecule has 0 bridgehead atoms. The number of alkyl halides is 3. The average Bonchev–Trinajstić information content (AvgIpc) is 1.97. The van der Waals surface area contributed by atoms with E-state index in [1.807, 2.05) is 43.9 Å². The van der Waals surface area contributed by atoms with Crippen LogP contribution in [-0.2, 0) is 0 Å². The second-order valence-corrected chi connectivity index (χ2v) is 8.84. The number of hydrogen-bond donors (Lipinski definition) is 0. The standard InChI is InChI=1S/C8H19F3N2Si/c1-12(2)14(5,13(3)4)7-6-8(9,10)11/h6-7H2,1-5H3. The Balaban J connectivity index is 4.40. The largest absolute Gasteiger partial charge is 0.388 e. The minimum atomic E-state index is -4.04. The van der Waals surface area contributed by atoms with Crippen molar-refractivity contribution in [2.75, 3.05) is 28.2 Å². The summed E-state index contributed by atoms with van der Waals surface area (Å²) < 4.78 is 40.2. The summed E-state index contributed by atoms with van der Waals surface area (Å²) in [5.41, 5.74) is 0. The Bertz CT molecular complexity index is 172. The minimum absolute atomic E-state index is 0.219. The van der Waals surface area contributed by atoms with E-state index in [1.165, 1.54) is 0 Å². The lowest BCUT2D eigenvalue weighted by Crippen LogP contribution is -2.58. The van der Waals surface area contributed by atoms with Gasteiger partial charge in [-0.2, -0.15) is 13.2 Å². The van der Waals surface area contributed by atoms with Gasteiger partial charge in [0, 0.05) is 6.42 Å². The van der Waals surface area contributed by atoms with Gasteiger partial charge in [-0.3, -0.25) is 0 Å². The predicted octanol–water partition coefficient (Wildman–Crippen LogP) is 2.13. The van der Waals surface area contributed by atoms with Crippen LogP contribution in [0.15, 0.2) is 0 Å². The van der Waals surface area contributed by atoms with Gasteiger partial charge in [0.15, 0.2) is 0 Å². The number of halogens is 3. The third-order valence-electron chi connectivity index (χ3n) is 2.81. The summed E-state index contributed by atoms with van der Waals surface area (Å²) in [4.78, 5) is 0. The van der Waals surface area contributed by atoms with Crippen LogP contribution in [0.3, 0.4) is 0 Å². The van der Waals surface area contributed by atoms with Crippen LogP contribution in [0.5, 0.6) is 0 Å². The lowest BCUT2D eigenvalue weighted by atomic mass is 10.5. The van der Waals surface area contributed by atoms with Crippen molar-refractivity contribution >= 4 is 8.40 Å². The molecule has 0 aliphatic rings. The highest BCUT2D eigenvalue weighted by Crippen LogP contribution is 2.27. The van der Waals surface area contributed by atoms with Crippen molar-refractivity contribution in [3.63, 3.8) is 0 Å². The molecule has 0 unspecified atom stereocenters. The minimum Gasteiger partial charge on any atom is -0.317 e. The lowest BCUT2D eigenvalue weighted by Gasteiger charge is -2.39. The maximum absolute atomic E-state index is 12.1. The van der Waals surface area contributed by atoms with E-state index in [2.05, 4.69) is 0 Å². The summed E-state index contributed by atoms with van der Waals surface area (Å²) in [5, 5.41) is 0. The van der Waals surface area contributed by atoms with Crippen molar-refractivity contribution in [1.82, 2.24) is 9.13 Å². The first-order valence-corrected chi connectivity index (χ1v) is 7.11. The van der Waals surface area contributed by atoms with Gasteiger partial charge in [0.25, 0.3) is 0 Å². The van der Waals surface area contributed by atoms with Crippen LogP contribution >= 0.6 is 0 Å². The Morgan fingerprint density at radius 1 is 1.00 bits per heavy atom. The van der Waals surface area contributed by atoms with Crippen LogP contribution in [0.4, 0.5) is 13.2 Å². The molecule has 0 aromatic rings. The summed E-state index contributed by atoms with van der Waals surface area (Å²) in [6.07, 6.45) is -4.73. The van der Waals surface area contributed by atoms with Crippen LogP contribution in [0.1, 0.15) is 6.42 Å². The monoisotopic (exact) mass is 228 g/mol. The highest BCUT2D eigenvalue weighted by molar-refractivity contribution is 6.73. The molecule has 0 radical (unpaired) electrons. The molecule has 0 aromatic carbocycles. The molecule has 0 fully saturated rings. The van der Waals surface area contributed by atoms with Crippen LogP contribution in [0.2, 0.25) is 12.6 Å². The van der Waals surface area contributed by atoms with Gasteiger partial charge in [0.1, 0.15) is 0 Å². The zero-order chi connectivity index (χ0) is 11.6. The van der Waals surface area contributed by atoms with Gasteiger partial charge in [-0.05, 0) is 40.8 Å². The molecule has 6 heteroatoms. The quantitative estimate of drug-likeness (QED) is 0.680. The van der Waals surface area contributed by atoms with Crippen molar-refractivity contribution in [2.24, 2.45) is 0 Å². The Morgan fingerprint density at radius 2 is 1.36 bits per heavy atom. The molecule has 0 atom stereocenters. The molecule has 86 valence electrons. The van der Waals surface area contributed by atoms with Crippen LogP contribution in [0, 0.1) is 0 Å². The lowest BCUT2D eigenvalue weighted by molar-refractivity contribution is -0.131. The SMILES string of the molecule is CN(C)[Si](C)(CCC(F)(F)F)N(C)C. The molecular weight excluding hydrogens is 209 g/mol. The summed E-state index contributed by atoms with van der Waals surface area (Å²) in [7, 11) is 5.33. The molecule has 0 aromatic heterocycles. The van der Waals surface area contributed by atoms with Gasteiger partial charge < -0.3 is 9.13 Å². The van der Waals surface area contributed by atoms with E-state index in [9.17, 15) is 13.2 Å². The van der Waals surface area contributed by atoms with Crippen LogP contribution in [-0.4, -0.2) is 51.9 Å². The van der Waals surface area contributed by atoms with Crippen molar-refractivity contribution in [1.29, 1.82) is 0 Å². The Hall–Kier alpha value is -0.0731. The first kappa shape index (κ1) is 13.9. The highest BCUT2D eigenvalue weighted by Gasteiger charge is 2.38. The van der Waals surface area contributed by atoms with Gasteiger partial charge in [-0.25, -0.2) is 0 Å². The van der Waals surface area contributed by atoms with Crippen molar-refractivity contribution in [3.8, 4) is 0 Å². The van der Waals surface area contributed by atoms with E-state index in [4.69, 9.17) is 0 Å². The fourth-order valence-electron chi connectivity index (χ4n) is 1.23. The molecular formula is C8H19F3N2Si. The fourth-order valence-corrected chi connectivity index (χ4v) is 3.68. The normalized spacial score (nSPS) is 14.1. The molecule has 0 saturated carbocycles. The summed E-state index contributed by atoms with van der Waals surface area (Å²) >= 11 is 0. The van der Waals surface area contributed by atoms with Crippen molar-refractivity contribution in [2.45, 2.75) is 25.2 Å². The first-order chi connectivity index (χ1) is 6.09. The van der Waals surface area contributed by atoms with Gasteiger partial charge >= 0.3 is 6.18 Å². The van der Waals surface area contributed by atoms with Crippen molar-refractivity contribution < 1.29 is 13.2 Å². The second kappa shape index (κ2) is 4.63. The Morgan fingerprint density at radius 3 is 1.57 bits per heavy atom. The van der Waals surface area contributed by atoms with E-state index < -0.39 is 21.0 Å². The maximum Gasteiger partial charge on any atom is 0.388 e. The maximum atomic E-state index is 12.1. The molecule has 0 N–H and O–H groups in total. The van der Waals surface area contributed by atoms with Gasteiger partial charge in [-0.1, -0.05) is 0 Å². The molecule has 0 aliphatic carbocycles. The molecule has 2 nitrogen and oxygen atoms in total. The third-order valence-corrected chi connectivity index (χ3v) is 7.86. The molecule has 0 aliphatic heterocycles. The fraction of sp³-hybridized carbons (Fsp3) is 1.00. The number of rotatable bonds is 4. The zero-order valence-electron chi connectivity index (χ0n) is 9.44. The summed E-state index contributed by atoms with van der Waals surface area (Å²) in [5.74, 6) is 0. The predicted molar refractivity (Wildman–Crippen MR) is 54.5 cm³/mol. The Labute approximate surface area is 84.9 Å². The highest BCUT2D eigenvalue weighted by atomic mass is 28.3. The van der Waals surface area contributed by atoms with E-state index in [1.54, 1.807) is 0 Å². The molecule has 0 heterocycles. The van der Waals surface area contributed by atoms with Gasteiger partial charge in [0.05, 0.1) is 0 Å². The molecule has 0 saturated heterocycles. The topological polar surface area (TPSA) is 6.48 Å². The average molecular weight is 228 g/mol. The molecule has 0 rings (SSSR count). The van der Waals surface area contributed by atoms with Gasteiger partial charge in [0.2, 0.25) is 8.40 Å². The van der Waals surface area contributed by atoms with E-state index in [0.29, 0.717) is 0 Å². The van der Waals surface area contributed by atoms with Crippen molar-refractivity contribution in [3.05, 3.63) is 0 Å². The van der Waals surface area contributed by atoms with E-state index in [0.717, 1.165) is 0 Å². The smallest absolute Gasteiger partial charge is 0.317 e. The van der Waals surface area contributed by atoms with E-state index in [-0.39, 0.29) is 6.04 Å². The first-order valence-electron chi connectivity index (χ1n) is 4.51. The van der Waals surface area contributed by atoms with Crippen LogP contribution < -0.4 is 0 Å².